The maximum absolute atomic E-state index is 3.25. The van der Waals surface area contributed by atoms with Gasteiger partial charge in [0.25, 0.3) is 0 Å². The van der Waals surface area contributed by atoms with Gasteiger partial charge in [0.15, 0.2) is 0 Å². The summed E-state index contributed by atoms with van der Waals surface area (Å²) in [5, 5.41) is 0. The van der Waals surface area contributed by atoms with Crippen molar-refractivity contribution in [1.29, 1.82) is 0 Å². The Labute approximate surface area is 136 Å². The average molecular weight is 319 g/mol. The van der Waals surface area contributed by atoms with Gasteiger partial charge in [-0.3, -0.25) is 12.2 Å². The van der Waals surface area contributed by atoms with Crippen molar-refractivity contribution in [2.45, 2.75) is 40.5 Å². The minimum Gasteiger partial charge on any atom is -1.00 e. The quantitative estimate of drug-likeness (QED) is 0.363. The van der Waals surface area contributed by atoms with E-state index in [0.29, 0.717) is 0 Å². The van der Waals surface area contributed by atoms with Crippen molar-refractivity contribution < 1.29 is 44.8 Å². The summed E-state index contributed by atoms with van der Waals surface area (Å²) in [5.74, 6) is 0. The van der Waals surface area contributed by atoms with E-state index < -0.39 is 0 Å². The predicted molar refractivity (Wildman–Crippen MR) is 68.7 cm³/mol. The summed E-state index contributed by atoms with van der Waals surface area (Å²) in [6, 6.07) is 0. The first-order valence-electron chi connectivity index (χ1n) is 5.42. The van der Waals surface area contributed by atoms with Crippen molar-refractivity contribution in [3.05, 3.63) is 46.6 Å². The molecule has 0 fully saturated rings. The van der Waals surface area contributed by atoms with Crippen molar-refractivity contribution in [1.82, 2.24) is 0 Å². The Morgan fingerprint density at radius 3 is 1.17 bits per heavy atom. The molecular weight excluding hydrogens is 299 g/mol. The number of rotatable bonds is 0. The number of allylic oxidation sites excluding steroid dienone is 8. The molecule has 0 heterocycles. The second-order valence-electron chi connectivity index (χ2n) is 4.05. The molecule has 2 aliphatic carbocycles. The van der Waals surface area contributed by atoms with Gasteiger partial charge in [0.1, 0.15) is 0 Å². The van der Waals surface area contributed by atoms with Gasteiger partial charge in [-0.2, -0.15) is 11.1 Å². The molecule has 0 spiro atoms. The SMILES string of the molecule is CC1=[C-]CC(C)=C1.CC1=[C-]CC(C)=C1.[CH2]=[Ti+2].[Cl-].[Cl-]. The van der Waals surface area contributed by atoms with E-state index in [4.69, 9.17) is 0 Å². The Balaban J connectivity index is -0.000000200. The minimum atomic E-state index is 0. The smallest absolute Gasteiger partial charge is 1.00 e. The van der Waals surface area contributed by atoms with E-state index in [1.165, 1.54) is 22.3 Å². The minimum absolute atomic E-state index is 0. The van der Waals surface area contributed by atoms with Crippen molar-refractivity contribution in [3.8, 4) is 0 Å². The van der Waals surface area contributed by atoms with Crippen LogP contribution in [-0.2, 0) is 20.0 Å². The molecule has 0 saturated carbocycles. The van der Waals surface area contributed by atoms with Crippen LogP contribution in [0.3, 0.4) is 0 Å². The fourth-order valence-corrected chi connectivity index (χ4v) is 1.50. The van der Waals surface area contributed by atoms with E-state index in [1.54, 1.807) is 20.0 Å². The molecule has 0 radical (unpaired) electrons. The Morgan fingerprint density at radius 1 is 0.833 bits per heavy atom. The molecule has 0 bridgehead atoms. The van der Waals surface area contributed by atoms with E-state index in [0.717, 1.165) is 12.8 Å². The van der Waals surface area contributed by atoms with Crippen LogP contribution in [0.1, 0.15) is 40.5 Å². The summed E-state index contributed by atoms with van der Waals surface area (Å²) in [4.78, 5) is 3.25. The van der Waals surface area contributed by atoms with Gasteiger partial charge in [-0.25, -0.2) is 23.3 Å². The van der Waals surface area contributed by atoms with Gasteiger partial charge in [-0.15, -0.1) is 12.8 Å². The van der Waals surface area contributed by atoms with Crippen molar-refractivity contribution in [2.75, 3.05) is 0 Å². The molecule has 2 aliphatic rings. The Hall–Kier alpha value is 0.124. The molecule has 0 nitrogen and oxygen atoms in total. The van der Waals surface area contributed by atoms with Gasteiger partial charge in [-0.05, 0) is 0 Å². The van der Waals surface area contributed by atoms with Gasteiger partial charge >= 0.3 is 24.8 Å². The topological polar surface area (TPSA) is 0 Å². The van der Waals surface area contributed by atoms with Crippen LogP contribution in [0.5, 0.6) is 0 Å². The van der Waals surface area contributed by atoms with Crippen LogP contribution < -0.4 is 24.8 Å². The summed E-state index contributed by atoms with van der Waals surface area (Å²) in [5.41, 5.74) is 5.44. The first-order valence-corrected chi connectivity index (χ1v) is 6.53. The Bertz CT molecular complexity index is 316. The second-order valence-corrected chi connectivity index (χ2v) is 4.05. The van der Waals surface area contributed by atoms with Gasteiger partial charge < -0.3 is 24.8 Å². The van der Waals surface area contributed by atoms with E-state index in [2.05, 4.69) is 56.8 Å². The number of halogens is 2. The van der Waals surface area contributed by atoms with Crippen LogP contribution in [0.15, 0.2) is 34.4 Å². The third-order valence-electron chi connectivity index (χ3n) is 2.22. The first-order chi connectivity index (χ1) is 7.58. The molecule has 0 unspecified atom stereocenters. The second kappa shape index (κ2) is 13.6. The maximum atomic E-state index is 3.25. The molecule has 0 aromatic rings. The molecule has 18 heavy (non-hydrogen) atoms. The van der Waals surface area contributed by atoms with E-state index in [1.807, 2.05) is 0 Å². The fraction of sp³-hybridized carbons (Fsp3) is 0.400. The van der Waals surface area contributed by atoms with Crippen LogP contribution in [0, 0.1) is 12.2 Å². The molecule has 0 amide bonds. The number of hydrogen-bond acceptors (Lipinski definition) is 0. The van der Waals surface area contributed by atoms with Crippen LogP contribution in [0.25, 0.3) is 0 Å². The van der Waals surface area contributed by atoms with Gasteiger partial charge in [-0.1, -0.05) is 27.7 Å². The standard InChI is InChI=1S/2C7H9.CH2.2ClH.Ti/c2*1-6-3-4-7(2)5-6;;;;/h2*5H,3H2,1-2H3;1H2;2*1H;/q2*-1;;;;+2/p-2. The summed E-state index contributed by atoms with van der Waals surface area (Å²) < 4.78 is 0. The Morgan fingerprint density at radius 2 is 1.11 bits per heavy atom. The molecule has 3 heteroatoms. The van der Waals surface area contributed by atoms with Crippen LogP contribution in [0.4, 0.5) is 0 Å². The largest absolute Gasteiger partial charge is 1.00 e. The molecule has 0 atom stereocenters. The molecule has 0 aromatic heterocycles. The van der Waals surface area contributed by atoms with Crippen LogP contribution in [-0.4, -0.2) is 4.82 Å². The normalized spacial score (nSPS) is 15.2. The first kappa shape index (κ1) is 23.2. The van der Waals surface area contributed by atoms with Crippen molar-refractivity contribution in [2.24, 2.45) is 0 Å². The van der Waals surface area contributed by atoms with Crippen molar-refractivity contribution >= 4 is 4.82 Å². The molecular formula is C15H20Cl2Ti-2. The zero-order valence-electron chi connectivity index (χ0n) is 11.5. The fourth-order valence-electron chi connectivity index (χ4n) is 1.50. The van der Waals surface area contributed by atoms with E-state index in [-0.39, 0.29) is 24.8 Å². The molecule has 2 rings (SSSR count). The predicted octanol–water partition coefficient (Wildman–Crippen LogP) is -1.86. The van der Waals surface area contributed by atoms with Crippen LogP contribution >= 0.6 is 0 Å². The Kier molecular flexibility index (Phi) is 17.5. The molecule has 100 valence electrons. The molecule has 0 saturated heterocycles. The average Bonchev–Trinajstić information content (AvgIpc) is 2.80. The molecule has 0 aromatic carbocycles. The third kappa shape index (κ3) is 11.2. The summed E-state index contributed by atoms with van der Waals surface area (Å²) >= 11 is 1.75. The van der Waals surface area contributed by atoms with Gasteiger partial charge in [0.2, 0.25) is 0 Å². The maximum Gasteiger partial charge on any atom is -1.00 e. The van der Waals surface area contributed by atoms with Crippen molar-refractivity contribution in [3.63, 3.8) is 0 Å². The molecule has 0 aliphatic heterocycles. The third-order valence-corrected chi connectivity index (χ3v) is 2.22. The number of hydrogen-bond donors (Lipinski definition) is 0. The van der Waals surface area contributed by atoms with Crippen LogP contribution in [0.2, 0.25) is 0 Å². The summed E-state index contributed by atoms with van der Waals surface area (Å²) in [7, 11) is 0. The van der Waals surface area contributed by atoms with Gasteiger partial charge in [0.05, 0.1) is 0 Å². The van der Waals surface area contributed by atoms with E-state index >= 15 is 0 Å². The molecule has 0 N–H and O–H groups in total. The van der Waals surface area contributed by atoms with E-state index in [9.17, 15) is 0 Å². The zero-order chi connectivity index (χ0) is 12.6. The van der Waals surface area contributed by atoms with Gasteiger partial charge in [0, 0.05) is 0 Å². The summed E-state index contributed by atoms with van der Waals surface area (Å²) in [6.45, 7) is 8.42. The summed E-state index contributed by atoms with van der Waals surface area (Å²) in [6.07, 6.45) is 12.8. The zero-order valence-corrected chi connectivity index (χ0v) is 14.6. The monoisotopic (exact) mass is 318 g/mol.